The largest absolute Gasteiger partial charge is 0.329 e. The number of amides is 2. The van der Waals surface area contributed by atoms with Crippen molar-refractivity contribution < 1.29 is 9.59 Å². The number of nitrogens with one attached hydrogen (secondary N) is 2. The molecule has 31 heavy (non-hydrogen) atoms. The summed E-state index contributed by atoms with van der Waals surface area (Å²) in [5, 5.41) is 5.81. The van der Waals surface area contributed by atoms with E-state index in [9.17, 15) is 14.4 Å². The number of piperazine rings is 1. The number of piperidine rings is 1. The van der Waals surface area contributed by atoms with Crippen LogP contribution in [0.3, 0.4) is 0 Å². The van der Waals surface area contributed by atoms with Crippen LogP contribution in [-0.4, -0.2) is 76.1 Å². The van der Waals surface area contributed by atoms with Crippen molar-refractivity contribution in [2.75, 3.05) is 39.3 Å². The number of imide groups is 1. The molecule has 9 nitrogen and oxygen atoms in total. The van der Waals surface area contributed by atoms with Gasteiger partial charge in [-0.25, -0.2) is 4.79 Å². The number of rotatable bonds is 4. The lowest BCUT2D eigenvalue weighted by Gasteiger charge is -2.37. The highest BCUT2D eigenvalue weighted by molar-refractivity contribution is 6.00. The van der Waals surface area contributed by atoms with Crippen LogP contribution in [0.4, 0.5) is 0 Å². The lowest BCUT2D eigenvalue weighted by molar-refractivity contribution is -0.135. The number of carbonyl (C=O) groups excluding carboxylic acids is 2. The van der Waals surface area contributed by atoms with Crippen molar-refractivity contribution >= 4 is 22.8 Å². The fraction of sp³-hybridized carbons (Fsp3) is 0.591. The maximum absolute atomic E-state index is 12.9. The molecule has 2 N–H and O–H groups in total. The van der Waals surface area contributed by atoms with Gasteiger partial charge in [-0.05, 0) is 37.1 Å². The Labute approximate surface area is 181 Å². The van der Waals surface area contributed by atoms with E-state index in [0.29, 0.717) is 12.5 Å². The van der Waals surface area contributed by atoms with Gasteiger partial charge in [0.05, 0.1) is 11.0 Å². The zero-order valence-electron chi connectivity index (χ0n) is 18.0. The molecule has 3 saturated heterocycles. The second kappa shape index (κ2) is 8.22. The Morgan fingerprint density at radius 2 is 1.84 bits per heavy atom. The first-order valence-electron chi connectivity index (χ1n) is 11.2. The number of aromatic nitrogens is 2. The molecule has 3 fully saturated rings. The predicted octanol–water partition coefficient (Wildman–Crippen LogP) is -0.203. The van der Waals surface area contributed by atoms with Crippen LogP contribution in [0.5, 0.6) is 0 Å². The third-order valence-corrected chi connectivity index (χ3v) is 7.04. The molecule has 0 aliphatic carbocycles. The summed E-state index contributed by atoms with van der Waals surface area (Å²) in [6, 6.07) is 6.10. The highest BCUT2D eigenvalue weighted by Crippen LogP contribution is 2.24. The molecular formula is C22H30N6O3. The summed E-state index contributed by atoms with van der Waals surface area (Å²) >= 11 is 0. The second-order valence-electron chi connectivity index (χ2n) is 8.96. The van der Waals surface area contributed by atoms with E-state index in [2.05, 4.69) is 32.6 Å². The van der Waals surface area contributed by atoms with E-state index in [0.717, 1.165) is 56.8 Å². The average molecular weight is 427 g/mol. The van der Waals surface area contributed by atoms with Crippen LogP contribution in [0.15, 0.2) is 23.0 Å². The molecule has 1 unspecified atom stereocenters. The molecular weight excluding hydrogens is 396 g/mol. The van der Waals surface area contributed by atoms with Gasteiger partial charge in [-0.1, -0.05) is 6.07 Å². The van der Waals surface area contributed by atoms with Gasteiger partial charge in [-0.3, -0.25) is 33.8 Å². The van der Waals surface area contributed by atoms with Gasteiger partial charge >= 0.3 is 5.69 Å². The van der Waals surface area contributed by atoms with Crippen molar-refractivity contribution in [1.29, 1.82) is 0 Å². The normalized spacial score (nSPS) is 26.0. The SMILES string of the molecule is Cn1c(=O)n(C2CCC(=O)NC2=O)c2ccc(CN3CCN([C@@H]4CCNC4)CC3)cc21. The van der Waals surface area contributed by atoms with Gasteiger partial charge in [0.15, 0.2) is 0 Å². The van der Waals surface area contributed by atoms with Crippen molar-refractivity contribution in [3.05, 3.63) is 34.2 Å². The van der Waals surface area contributed by atoms with Gasteiger partial charge in [0.1, 0.15) is 6.04 Å². The maximum atomic E-state index is 12.9. The van der Waals surface area contributed by atoms with E-state index in [1.165, 1.54) is 16.6 Å². The van der Waals surface area contributed by atoms with Crippen molar-refractivity contribution in [2.45, 2.75) is 37.9 Å². The standard InChI is InChI=1S/C22H30N6O3/c1-25-19-12-15(14-26-8-10-27(11-9-26)16-6-7-23-13-16)2-3-17(19)28(22(25)31)18-4-5-20(29)24-21(18)30/h2-3,12,16,18,23H,4-11,13-14H2,1H3,(H,24,29,30)/t16-,18?/m1/s1. The molecule has 0 spiro atoms. The number of nitrogens with zero attached hydrogens (tertiary/aromatic N) is 4. The molecule has 2 amide bonds. The van der Waals surface area contributed by atoms with Crippen molar-refractivity contribution in [3.63, 3.8) is 0 Å². The molecule has 0 radical (unpaired) electrons. The highest BCUT2D eigenvalue weighted by atomic mass is 16.2. The highest BCUT2D eigenvalue weighted by Gasteiger charge is 2.31. The first kappa shape index (κ1) is 20.4. The van der Waals surface area contributed by atoms with Crippen LogP contribution in [0.25, 0.3) is 11.0 Å². The lowest BCUT2D eigenvalue weighted by Crippen LogP contribution is -2.50. The quantitative estimate of drug-likeness (QED) is 0.658. The van der Waals surface area contributed by atoms with Gasteiger partial charge in [0.2, 0.25) is 11.8 Å². The Bertz CT molecular complexity index is 1060. The first-order chi connectivity index (χ1) is 15.0. The fourth-order valence-corrected chi connectivity index (χ4v) is 5.23. The van der Waals surface area contributed by atoms with Gasteiger partial charge in [-0.15, -0.1) is 0 Å². The number of carbonyl (C=O) groups is 2. The van der Waals surface area contributed by atoms with Crippen LogP contribution in [0.2, 0.25) is 0 Å². The molecule has 9 heteroatoms. The molecule has 3 aliphatic heterocycles. The lowest BCUT2D eigenvalue weighted by atomic mass is 10.1. The third kappa shape index (κ3) is 3.81. The summed E-state index contributed by atoms with van der Waals surface area (Å²) in [6.45, 7) is 7.37. The summed E-state index contributed by atoms with van der Waals surface area (Å²) in [5.74, 6) is -0.675. The maximum Gasteiger partial charge on any atom is 0.329 e. The van der Waals surface area contributed by atoms with Crippen molar-refractivity contribution in [1.82, 2.24) is 29.6 Å². The molecule has 1 aromatic heterocycles. The predicted molar refractivity (Wildman–Crippen MR) is 117 cm³/mol. The average Bonchev–Trinajstić information content (AvgIpc) is 3.38. The van der Waals surface area contributed by atoms with Crippen molar-refractivity contribution in [2.24, 2.45) is 7.05 Å². The van der Waals surface area contributed by atoms with Gasteiger partial charge in [0.25, 0.3) is 0 Å². The number of benzene rings is 1. The summed E-state index contributed by atoms with van der Waals surface area (Å²) < 4.78 is 3.14. The minimum absolute atomic E-state index is 0.222. The number of hydrogen-bond acceptors (Lipinski definition) is 6. The number of aryl methyl sites for hydroxylation is 1. The molecule has 2 aromatic rings. The van der Waals surface area contributed by atoms with E-state index in [4.69, 9.17) is 0 Å². The monoisotopic (exact) mass is 426 g/mol. The van der Waals surface area contributed by atoms with Crippen LogP contribution < -0.4 is 16.3 Å². The van der Waals surface area contributed by atoms with Gasteiger partial charge in [0, 0.05) is 58.8 Å². The summed E-state index contributed by atoms with van der Waals surface area (Å²) in [6.07, 6.45) is 1.85. The Morgan fingerprint density at radius 3 is 2.55 bits per heavy atom. The minimum Gasteiger partial charge on any atom is -0.315 e. The summed E-state index contributed by atoms with van der Waals surface area (Å²) in [4.78, 5) is 41.8. The fourth-order valence-electron chi connectivity index (χ4n) is 5.23. The zero-order valence-corrected chi connectivity index (χ0v) is 18.0. The van der Waals surface area contributed by atoms with Crippen LogP contribution in [0.1, 0.15) is 30.9 Å². The number of imidazole rings is 1. The Kier molecular flexibility index (Phi) is 5.41. The van der Waals surface area contributed by atoms with E-state index >= 15 is 0 Å². The molecule has 3 aliphatic rings. The number of hydrogen-bond donors (Lipinski definition) is 2. The van der Waals surface area contributed by atoms with Crippen LogP contribution >= 0.6 is 0 Å². The van der Waals surface area contributed by atoms with Crippen molar-refractivity contribution in [3.8, 4) is 0 Å². The van der Waals surface area contributed by atoms with E-state index in [1.54, 1.807) is 11.6 Å². The first-order valence-corrected chi connectivity index (χ1v) is 11.2. The van der Waals surface area contributed by atoms with Crippen LogP contribution in [-0.2, 0) is 23.2 Å². The van der Waals surface area contributed by atoms with E-state index in [1.807, 2.05) is 6.07 Å². The molecule has 0 bridgehead atoms. The second-order valence-corrected chi connectivity index (χ2v) is 8.96. The molecule has 1 aromatic carbocycles. The van der Waals surface area contributed by atoms with E-state index in [-0.39, 0.29) is 18.0 Å². The topological polar surface area (TPSA) is 91.6 Å². The van der Waals surface area contributed by atoms with Gasteiger partial charge < -0.3 is 5.32 Å². The third-order valence-electron chi connectivity index (χ3n) is 7.04. The van der Waals surface area contributed by atoms with Crippen LogP contribution in [0, 0.1) is 0 Å². The molecule has 5 rings (SSSR count). The smallest absolute Gasteiger partial charge is 0.315 e. The zero-order chi connectivity index (χ0) is 21.5. The molecule has 0 saturated carbocycles. The van der Waals surface area contributed by atoms with E-state index < -0.39 is 11.9 Å². The van der Waals surface area contributed by atoms with Gasteiger partial charge in [-0.2, -0.15) is 0 Å². The summed E-state index contributed by atoms with van der Waals surface area (Å²) in [7, 11) is 1.74. The Morgan fingerprint density at radius 1 is 1.03 bits per heavy atom. The Hall–Kier alpha value is -2.49. The molecule has 2 atom stereocenters. The summed E-state index contributed by atoms with van der Waals surface area (Å²) in [5.41, 5.74) is 2.51. The minimum atomic E-state index is -0.641. The Balaban J connectivity index is 1.33. The molecule has 166 valence electrons. The molecule has 4 heterocycles. The number of fused-ring (bicyclic) bond motifs is 1.